The van der Waals surface area contributed by atoms with Crippen molar-refractivity contribution in [3.8, 4) is 0 Å². The highest BCUT2D eigenvalue weighted by Gasteiger charge is 2.56. The van der Waals surface area contributed by atoms with Crippen molar-refractivity contribution in [3.63, 3.8) is 0 Å². The molecule has 3 heteroatoms. The first-order valence-corrected chi connectivity index (χ1v) is 10.2. The molecule has 2 saturated heterocycles. The first-order chi connectivity index (χ1) is 11.0. The minimum Gasteiger partial charge on any atom is -0.304 e. The van der Waals surface area contributed by atoms with Crippen LogP contribution < -0.4 is 0 Å². The summed E-state index contributed by atoms with van der Waals surface area (Å²) in [5.74, 6) is 0.929. The molecule has 0 bridgehead atoms. The molecule has 132 valence electrons. The topological polar surface area (TPSA) is 9.72 Å². The summed E-state index contributed by atoms with van der Waals surface area (Å²) < 4.78 is 0. The minimum atomic E-state index is 0.734. The van der Waals surface area contributed by atoms with Crippen molar-refractivity contribution < 1.29 is 0 Å². The van der Waals surface area contributed by atoms with Crippen LogP contribution in [0, 0.1) is 16.7 Å². The van der Waals surface area contributed by atoms with E-state index in [1.54, 1.807) is 0 Å². The van der Waals surface area contributed by atoms with E-state index in [9.17, 15) is 0 Å². The molecule has 2 heterocycles. The van der Waals surface area contributed by atoms with Gasteiger partial charge in [0.1, 0.15) is 0 Å². The Morgan fingerprint density at radius 1 is 1.04 bits per heavy atom. The van der Waals surface area contributed by atoms with Crippen molar-refractivity contribution in [2.24, 2.45) is 16.7 Å². The van der Waals surface area contributed by atoms with Gasteiger partial charge in [0.15, 0.2) is 0 Å². The van der Waals surface area contributed by atoms with E-state index in [1.165, 1.54) is 84.3 Å². The normalized spacial score (nSPS) is 32.5. The summed E-state index contributed by atoms with van der Waals surface area (Å²) in [6.07, 6.45) is 8.84. The molecule has 0 amide bonds. The molecule has 4 rings (SSSR count). The maximum atomic E-state index is 2.80. The molecule has 0 aromatic carbocycles. The highest BCUT2D eigenvalue weighted by molar-refractivity contribution is 5.10. The Morgan fingerprint density at radius 3 is 2.26 bits per heavy atom. The Labute approximate surface area is 143 Å². The van der Waals surface area contributed by atoms with Gasteiger partial charge in [-0.25, -0.2) is 0 Å². The molecule has 2 aliphatic heterocycles. The van der Waals surface area contributed by atoms with Crippen molar-refractivity contribution in [1.82, 2.24) is 14.7 Å². The number of piperazine rings is 1. The van der Waals surface area contributed by atoms with Gasteiger partial charge in [-0.2, -0.15) is 0 Å². The SMILES string of the molecule is CCC(C)CC1(CN2CC3(CC(N4CCN(C)CC4)C3)C2)CC1. The van der Waals surface area contributed by atoms with Crippen LogP contribution in [0.2, 0.25) is 0 Å². The summed E-state index contributed by atoms with van der Waals surface area (Å²) in [4.78, 5) is 8.05. The van der Waals surface area contributed by atoms with E-state index in [0.29, 0.717) is 0 Å². The van der Waals surface area contributed by atoms with E-state index in [1.807, 2.05) is 0 Å². The van der Waals surface area contributed by atoms with E-state index < -0.39 is 0 Å². The molecule has 1 unspecified atom stereocenters. The molecule has 0 N–H and O–H groups in total. The number of likely N-dealkylation sites (N-methyl/N-ethyl adjacent to an activating group) is 1. The molecule has 1 spiro atoms. The van der Waals surface area contributed by atoms with Crippen LogP contribution in [-0.4, -0.2) is 73.6 Å². The van der Waals surface area contributed by atoms with Gasteiger partial charge in [-0.05, 0) is 55.9 Å². The smallest absolute Gasteiger partial charge is 0.0113 e. The van der Waals surface area contributed by atoms with Crippen LogP contribution in [0.15, 0.2) is 0 Å². The van der Waals surface area contributed by atoms with Gasteiger partial charge in [-0.1, -0.05) is 20.3 Å². The zero-order valence-corrected chi connectivity index (χ0v) is 15.7. The second kappa shape index (κ2) is 6.00. The Morgan fingerprint density at radius 2 is 1.70 bits per heavy atom. The van der Waals surface area contributed by atoms with Gasteiger partial charge in [0.05, 0.1) is 0 Å². The maximum absolute atomic E-state index is 2.80. The second-order valence-electron chi connectivity index (χ2n) is 9.76. The number of likely N-dealkylation sites (tertiary alicyclic amines) is 1. The lowest BCUT2D eigenvalue weighted by molar-refractivity contribution is -0.120. The third-order valence-corrected chi connectivity index (χ3v) is 7.50. The molecular weight excluding hydrogens is 282 g/mol. The van der Waals surface area contributed by atoms with Crippen LogP contribution in [0.25, 0.3) is 0 Å². The van der Waals surface area contributed by atoms with Crippen molar-refractivity contribution >= 4 is 0 Å². The molecule has 1 atom stereocenters. The quantitative estimate of drug-likeness (QED) is 0.745. The van der Waals surface area contributed by atoms with Gasteiger partial charge in [-0.15, -0.1) is 0 Å². The van der Waals surface area contributed by atoms with E-state index >= 15 is 0 Å². The molecule has 23 heavy (non-hydrogen) atoms. The Balaban J connectivity index is 1.18. The van der Waals surface area contributed by atoms with Crippen LogP contribution in [0.3, 0.4) is 0 Å². The van der Waals surface area contributed by atoms with E-state index in [0.717, 1.165) is 22.8 Å². The second-order valence-corrected chi connectivity index (χ2v) is 9.76. The molecule has 2 saturated carbocycles. The summed E-state index contributed by atoms with van der Waals surface area (Å²) in [5.41, 5.74) is 1.47. The number of hydrogen-bond donors (Lipinski definition) is 0. The van der Waals surface area contributed by atoms with Crippen LogP contribution in [0.4, 0.5) is 0 Å². The van der Waals surface area contributed by atoms with Crippen LogP contribution in [-0.2, 0) is 0 Å². The third-order valence-electron chi connectivity index (χ3n) is 7.50. The zero-order valence-electron chi connectivity index (χ0n) is 15.7. The zero-order chi connectivity index (χ0) is 16.1. The first kappa shape index (κ1) is 16.4. The lowest BCUT2D eigenvalue weighted by Crippen LogP contribution is -2.68. The summed E-state index contributed by atoms with van der Waals surface area (Å²) >= 11 is 0. The summed E-state index contributed by atoms with van der Waals surface area (Å²) in [6, 6.07) is 0.917. The average molecular weight is 320 g/mol. The van der Waals surface area contributed by atoms with Crippen LogP contribution in [0.5, 0.6) is 0 Å². The predicted octanol–water partition coefficient (Wildman–Crippen LogP) is 2.91. The number of rotatable bonds is 6. The van der Waals surface area contributed by atoms with Gasteiger partial charge < -0.3 is 9.80 Å². The Kier molecular flexibility index (Phi) is 4.26. The highest BCUT2D eigenvalue weighted by atomic mass is 15.3. The molecule has 4 aliphatic rings. The van der Waals surface area contributed by atoms with Crippen molar-refractivity contribution in [1.29, 1.82) is 0 Å². The molecule has 3 nitrogen and oxygen atoms in total. The van der Waals surface area contributed by atoms with E-state index in [2.05, 4.69) is 35.6 Å². The Bertz CT molecular complexity index is 409. The number of nitrogens with zero attached hydrogens (tertiary/aromatic N) is 3. The largest absolute Gasteiger partial charge is 0.304 e. The lowest BCUT2D eigenvalue weighted by Gasteiger charge is -2.62. The fourth-order valence-corrected chi connectivity index (χ4v) is 5.62. The Hall–Kier alpha value is -0.120. The maximum Gasteiger partial charge on any atom is 0.0113 e. The van der Waals surface area contributed by atoms with Crippen LogP contribution in [0.1, 0.15) is 52.4 Å². The fourth-order valence-electron chi connectivity index (χ4n) is 5.62. The number of hydrogen-bond acceptors (Lipinski definition) is 3. The predicted molar refractivity (Wildman–Crippen MR) is 96.7 cm³/mol. The fraction of sp³-hybridized carbons (Fsp3) is 1.00. The van der Waals surface area contributed by atoms with Gasteiger partial charge in [0.2, 0.25) is 0 Å². The van der Waals surface area contributed by atoms with Crippen molar-refractivity contribution in [2.75, 3.05) is 52.9 Å². The van der Waals surface area contributed by atoms with Crippen molar-refractivity contribution in [3.05, 3.63) is 0 Å². The molecular formula is C20H37N3. The standard InChI is InChI=1S/C20H37N3/c1-4-17(2)11-19(5-6-19)14-22-15-20(16-22)12-18(13-20)23-9-7-21(3)8-10-23/h17-18H,4-16H2,1-3H3. The molecule has 2 aliphatic carbocycles. The average Bonchev–Trinajstić information content (AvgIpc) is 3.21. The van der Waals surface area contributed by atoms with Gasteiger partial charge in [-0.3, -0.25) is 4.90 Å². The van der Waals surface area contributed by atoms with Crippen molar-refractivity contribution in [2.45, 2.75) is 58.4 Å². The first-order valence-electron chi connectivity index (χ1n) is 10.2. The van der Waals surface area contributed by atoms with Gasteiger partial charge >= 0.3 is 0 Å². The van der Waals surface area contributed by atoms with E-state index in [-0.39, 0.29) is 0 Å². The van der Waals surface area contributed by atoms with Gasteiger partial charge in [0, 0.05) is 51.9 Å². The molecule has 4 fully saturated rings. The highest BCUT2D eigenvalue weighted by Crippen LogP contribution is 2.56. The molecule has 0 radical (unpaired) electrons. The third kappa shape index (κ3) is 3.34. The minimum absolute atomic E-state index is 0.734. The molecule has 0 aromatic rings. The van der Waals surface area contributed by atoms with Crippen LogP contribution >= 0.6 is 0 Å². The monoisotopic (exact) mass is 319 g/mol. The van der Waals surface area contributed by atoms with Gasteiger partial charge in [0.25, 0.3) is 0 Å². The molecule has 0 aromatic heterocycles. The summed E-state index contributed by atoms with van der Waals surface area (Å²) in [6.45, 7) is 14.2. The summed E-state index contributed by atoms with van der Waals surface area (Å²) in [7, 11) is 2.26. The lowest BCUT2D eigenvalue weighted by atomic mass is 9.60. The summed E-state index contributed by atoms with van der Waals surface area (Å²) in [5, 5.41) is 0. The van der Waals surface area contributed by atoms with E-state index in [4.69, 9.17) is 0 Å².